The standard InChI is InChI=1S/C14H23N5/c1-4-6-19-11-15-8-13(19)10-18-7-5-16-14(18)9-17-12(2)3/h5,7-8,11-12,17H,4,6,9-10H2,1-3H3. The van der Waals surface area contributed by atoms with Gasteiger partial charge in [0.25, 0.3) is 0 Å². The van der Waals surface area contributed by atoms with E-state index in [1.54, 1.807) is 0 Å². The van der Waals surface area contributed by atoms with Gasteiger partial charge in [0.1, 0.15) is 5.82 Å². The van der Waals surface area contributed by atoms with Crippen LogP contribution in [0.3, 0.4) is 0 Å². The van der Waals surface area contributed by atoms with Crippen molar-refractivity contribution in [1.82, 2.24) is 24.4 Å². The van der Waals surface area contributed by atoms with Crippen LogP contribution in [0.4, 0.5) is 0 Å². The molecule has 2 aromatic heterocycles. The van der Waals surface area contributed by atoms with Gasteiger partial charge in [-0.1, -0.05) is 20.8 Å². The van der Waals surface area contributed by atoms with E-state index in [2.05, 4.69) is 45.2 Å². The van der Waals surface area contributed by atoms with Crippen molar-refractivity contribution in [3.05, 3.63) is 36.4 Å². The fourth-order valence-electron chi connectivity index (χ4n) is 2.04. The Morgan fingerprint density at radius 1 is 1.32 bits per heavy atom. The molecule has 0 atom stereocenters. The Bertz CT molecular complexity index is 497. The highest BCUT2D eigenvalue weighted by Crippen LogP contribution is 2.07. The van der Waals surface area contributed by atoms with Crippen LogP contribution in [0.1, 0.15) is 38.7 Å². The first-order valence-corrected chi connectivity index (χ1v) is 6.93. The molecule has 0 radical (unpaired) electrons. The lowest BCUT2D eigenvalue weighted by atomic mass is 10.3. The number of aromatic nitrogens is 4. The lowest BCUT2D eigenvalue weighted by Crippen LogP contribution is -2.24. The Balaban J connectivity index is 2.06. The third kappa shape index (κ3) is 3.67. The summed E-state index contributed by atoms with van der Waals surface area (Å²) < 4.78 is 4.39. The van der Waals surface area contributed by atoms with E-state index < -0.39 is 0 Å². The summed E-state index contributed by atoms with van der Waals surface area (Å²) in [4.78, 5) is 8.65. The van der Waals surface area contributed by atoms with Gasteiger partial charge in [-0.15, -0.1) is 0 Å². The highest BCUT2D eigenvalue weighted by molar-refractivity contribution is 5.03. The minimum atomic E-state index is 0.468. The third-order valence-corrected chi connectivity index (χ3v) is 3.07. The van der Waals surface area contributed by atoms with Gasteiger partial charge in [-0.2, -0.15) is 0 Å². The maximum atomic E-state index is 4.42. The van der Waals surface area contributed by atoms with Crippen molar-refractivity contribution in [3.8, 4) is 0 Å². The van der Waals surface area contributed by atoms with Crippen LogP contribution in [-0.2, 0) is 19.6 Å². The Labute approximate surface area is 114 Å². The maximum absolute atomic E-state index is 4.42. The molecule has 1 N–H and O–H groups in total. The minimum absolute atomic E-state index is 0.468. The van der Waals surface area contributed by atoms with Crippen molar-refractivity contribution in [2.45, 2.75) is 52.9 Å². The van der Waals surface area contributed by atoms with Gasteiger partial charge in [-0.25, -0.2) is 9.97 Å². The van der Waals surface area contributed by atoms with Gasteiger partial charge in [0, 0.05) is 31.2 Å². The quantitative estimate of drug-likeness (QED) is 0.829. The van der Waals surface area contributed by atoms with Crippen molar-refractivity contribution in [3.63, 3.8) is 0 Å². The third-order valence-electron chi connectivity index (χ3n) is 3.07. The number of rotatable bonds is 7. The molecule has 5 heteroatoms. The van der Waals surface area contributed by atoms with Crippen molar-refractivity contribution < 1.29 is 0 Å². The smallest absolute Gasteiger partial charge is 0.123 e. The molecule has 0 spiro atoms. The number of nitrogens with one attached hydrogen (secondary N) is 1. The zero-order chi connectivity index (χ0) is 13.7. The molecule has 0 bridgehead atoms. The second-order valence-corrected chi connectivity index (χ2v) is 5.09. The summed E-state index contributed by atoms with van der Waals surface area (Å²) in [5.41, 5.74) is 1.23. The van der Waals surface area contributed by atoms with Crippen LogP contribution in [0.2, 0.25) is 0 Å². The van der Waals surface area contributed by atoms with Crippen LogP contribution in [0.15, 0.2) is 24.9 Å². The van der Waals surface area contributed by atoms with Gasteiger partial charge < -0.3 is 14.5 Å². The molecule has 19 heavy (non-hydrogen) atoms. The Kier molecular flexibility index (Phi) is 4.74. The van der Waals surface area contributed by atoms with E-state index >= 15 is 0 Å². The van der Waals surface area contributed by atoms with Crippen molar-refractivity contribution in [1.29, 1.82) is 0 Å². The monoisotopic (exact) mass is 261 g/mol. The second kappa shape index (κ2) is 6.52. The fraction of sp³-hybridized carbons (Fsp3) is 0.571. The number of imidazole rings is 2. The molecular weight excluding hydrogens is 238 g/mol. The molecule has 0 unspecified atom stereocenters. The first-order chi connectivity index (χ1) is 9.20. The molecule has 0 saturated carbocycles. The predicted molar refractivity (Wildman–Crippen MR) is 75.8 cm³/mol. The summed E-state index contributed by atoms with van der Waals surface area (Å²) in [6.07, 6.45) is 8.85. The molecule has 5 nitrogen and oxygen atoms in total. The molecule has 0 amide bonds. The van der Waals surface area contributed by atoms with E-state index in [4.69, 9.17) is 0 Å². The van der Waals surface area contributed by atoms with Crippen molar-refractivity contribution in [2.24, 2.45) is 0 Å². The lowest BCUT2D eigenvalue weighted by molar-refractivity contribution is 0.546. The average molecular weight is 261 g/mol. The summed E-state index contributed by atoms with van der Waals surface area (Å²) in [7, 11) is 0. The number of hydrogen-bond acceptors (Lipinski definition) is 3. The van der Waals surface area contributed by atoms with Crippen molar-refractivity contribution >= 4 is 0 Å². The van der Waals surface area contributed by atoms with Crippen LogP contribution < -0.4 is 5.32 Å². The summed E-state index contributed by atoms with van der Waals surface area (Å²) in [6, 6.07) is 0.468. The molecule has 2 rings (SSSR count). The Morgan fingerprint density at radius 2 is 2.16 bits per heavy atom. The summed E-state index contributed by atoms with van der Waals surface area (Å²) in [5, 5.41) is 3.40. The van der Waals surface area contributed by atoms with E-state index in [-0.39, 0.29) is 0 Å². The van der Waals surface area contributed by atoms with Gasteiger partial charge in [0.05, 0.1) is 25.1 Å². The molecule has 0 aliphatic carbocycles. The number of nitrogens with zero attached hydrogens (tertiary/aromatic N) is 4. The van der Waals surface area contributed by atoms with Crippen LogP contribution in [0.5, 0.6) is 0 Å². The highest BCUT2D eigenvalue weighted by atomic mass is 15.1. The topological polar surface area (TPSA) is 47.7 Å². The molecule has 2 aromatic rings. The number of aryl methyl sites for hydroxylation is 1. The molecule has 2 heterocycles. The molecule has 0 aliphatic heterocycles. The fourth-order valence-corrected chi connectivity index (χ4v) is 2.04. The molecule has 104 valence electrons. The predicted octanol–water partition coefficient (Wildman–Crippen LogP) is 2.04. The van der Waals surface area contributed by atoms with E-state index in [1.165, 1.54) is 5.69 Å². The largest absolute Gasteiger partial charge is 0.333 e. The van der Waals surface area contributed by atoms with Gasteiger partial charge >= 0.3 is 0 Å². The minimum Gasteiger partial charge on any atom is -0.333 e. The SMILES string of the molecule is CCCn1cncc1Cn1ccnc1CNC(C)C. The second-order valence-electron chi connectivity index (χ2n) is 5.09. The van der Waals surface area contributed by atoms with Gasteiger partial charge in [0.2, 0.25) is 0 Å². The Morgan fingerprint density at radius 3 is 2.89 bits per heavy atom. The zero-order valence-electron chi connectivity index (χ0n) is 12.0. The Hall–Kier alpha value is -1.62. The van der Waals surface area contributed by atoms with Crippen molar-refractivity contribution in [2.75, 3.05) is 0 Å². The van der Waals surface area contributed by atoms with E-state index in [0.29, 0.717) is 6.04 Å². The summed E-state index contributed by atoms with van der Waals surface area (Å²) in [6.45, 7) is 9.11. The zero-order valence-corrected chi connectivity index (χ0v) is 12.0. The van der Waals surface area contributed by atoms with E-state index in [1.807, 2.05) is 24.9 Å². The van der Waals surface area contributed by atoms with E-state index in [9.17, 15) is 0 Å². The van der Waals surface area contributed by atoms with Gasteiger partial charge in [-0.3, -0.25) is 0 Å². The molecule has 0 aromatic carbocycles. The number of hydrogen-bond donors (Lipinski definition) is 1. The molecule has 0 saturated heterocycles. The van der Waals surface area contributed by atoms with Crippen LogP contribution in [0.25, 0.3) is 0 Å². The maximum Gasteiger partial charge on any atom is 0.123 e. The average Bonchev–Trinajstić information content (AvgIpc) is 2.98. The lowest BCUT2D eigenvalue weighted by Gasteiger charge is -2.12. The van der Waals surface area contributed by atoms with Crippen LogP contribution >= 0.6 is 0 Å². The summed E-state index contributed by atoms with van der Waals surface area (Å²) in [5.74, 6) is 1.07. The normalized spacial score (nSPS) is 11.4. The molecule has 0 fully saturated rings. The van der Waals surface area contributed by atoms with Crippen LogP contribution in [-0.4, -0.2) is 25.1 Å². The van der Waals surface area contributed by atoms with Gasteiger partial charge in [-0.05, 0) is 6.42 Å². The first kappa shape index (κ1) is 13.8. The summed E-state index contributed by atoms with van der Waals surface area (Å²) >= 11 is 0. The van der Waals surface area contributed by atoms with Gasteiger partial charge in [0.15, 0.2) is 0 Å². The molecular formula is C14H23N5. The first-order valence-electron chi connectivity index (χ1n) is 6.93. The molecule has 0 aliphatic rings. The van der Waals surface area contributed by atoms with E-state index in [0.717, 1.165) is 31.9 Å². The highest BCUT2D eigenvalue weighted by Gasteiger charge is 2.07. The van der Waals surface area contributed by atoms with Crippen LogP contribution in [0, 0.1) is 0 Å².